The van der Waals surface area contributed by atoms with Gasteiger partial charge in [-0.3, -0.25) is 68.0 Å². The summed E-state index contributed by atoms with van der Waals surface area (Å²) in [5.41, 5.74) is 14.4. The molecule has 1 radical (unpaired) electrons. The normalized spacial score (nSPS) is 15.8. The summed E-state index contributed by atoms with van der Waals surface area (Å²) in [5, 5.41) is 88.2. The number of nitrogens with zero attached hydrogens (tertiary/aromatic N) is 17. The van der Waals surface area contributed by atoms with Crippen LogP contribution in [-0.4, -0.2) is 415 Å². The first-order valence-electron chi connectivity index (χ1n) is 32.7. The first-order valence-corrected chi connectivity index (χ1v) is 34.8. The van der Waals surface area contributed by atoms with Gasteiger partial charge in [0, 0.05) is 264 Å². The Morgan fingerprint density at radius 1 is 0.505 bits per heavy atom. The minimum absolute atomic E-state index is 0. The van der Waals surface area contributed by atoms with E-state index in [0.717, 1.165) is 77.1 Å². The van der Waals surface area contributed by atoms with Crippen molar-refractivity contribution in [2.45, 2.75) is 70.1 Å². The van der Waals surface area contributed by atoms with Gasteiger partial charge in [0.05, 0.1) is 153 Å². The van der Waals surface area contributed by atoms with Crippen molar-refractivity contribution in [1.29, 1.82) is 0 Å². The maximum Gasteiger partial charge on any atom is 0.317 e. The summed E-state index contributed by atoms with van der Waals surface area (Å²) in [5.74, 6) is 1.80. The molecule has 2 saturated heterocycles. The van der Waals surface area contributed by atoms with E-state index in [1.54, 1.807) is 34.1 Å². The van der Waals surface area contributed by atoms with E-state index in [1.807, 2.05) is 20.9 Å². The summed E-state index contributed by atoms with van der Waals surface area (Å²) in [7, 11) is 19.5. The van der Waals surface area contributed by atoms with Gasteiger partial charge < -0.3 is 84.0 Å². The van der Waals surface area contributed by atoms with Gasteiger partial charge in [0.15, 0.2) is 0 Å². The first-order chi connectivity index (χ1) is 45.5. The molecule has 2 atom stereocenters. The molecular formula is C64H122CuGd2I2N18O14+2. The molecule has 0 aliphatic carbocycles. The van der Waals surface area contributed by atoms with Crippen LogP contribution in [-0.2, 0) is 58.8 Å². The number of unbranched alkanes of at least 4 members (excludes halogenated alkanes) is 3. The van der Waals surface area contributed by atoms with Gasteiger partial charge in [0.1, 0.15) is 0 Å². The minimum atomic E-state index is -1.01. The quantitative estimate of drug-likeness (QED) is 0.00389. The summed E-state index contributed by atoms with van der Waals surface area (Å²) < 4.78 is 4.54. The Balaban J connectivity index is -0.000000254. The van der Waals surface area contributed by atoms with Crippen molar-refractivity contribution in [2.24, 2.45) is 10.8 Å². The zero-order valence-corrected chi connectivity index (χ0v) is 71.1. The van der Waals surface area contributed by atoms with Crippen molar-refractivity contribution < 1.29 is 204 Å². The first kappa shape index (κ1) is 112. The zero-order valence-electron chi connectivity index (χ0n) is 61.3. The van der Waals surface area contributed by atoms with E-state index in [1.165, 1.54) is 13.1 Å². The molecule has 2 fully saturated rings. The molecule has 32 nitrogen and oxygen atoms in total. The van der Waals surface area contributed by atoms with Gasteiger partial charge in [-0.1, -0.05) is 32.9 Å². The molecule has 101 heavy (non-hydrogen) atoms. The van der Waals surface area contributed by atoms with E-state index in [4.69, 9.17) is 35.6 Å². The second-order valence-electron chi connectivity index (χ2n) is 26.6. The number of aliphatic hydroxyl groups is 2. The topological polar surface area (TPSA) is 396 Å². The molecule has 0 saturated carbocycles. The number of hydrogen-bond donors (Lipinski definition) is 9. The Labute approximate surface area is 707 Å². The maximum atomic E-state index is 11.4. The van der Waals surface area contributed by atoms with Crippen LogP contribution in [0.1, 0.15) is 50.6 Å². The number of terminal acetylenes is 3. The molecule has 0 amide bonds. The molecule has 3 heterocycles. The number of aliphatic hydroxyl groups excluding tert-OH is 2. The summed E-state index contributed by atoms with van der Waals surface area (Å²) in [6.45, 7) is 9.41. The van der Waals surface area contributed by atoms with Crippen LogP contribution in [0.2, 0.25) is 0 Å². The predicted octanol–water partition coefficient (Wildman–Crippen LogP) is -3.49. The van der Waals surface area contributed by atoms with Crippen LogP contribution < -0.4 is 29.7 Å². The smallest absolute Gasteiger partial charge is 0.317 e. The van der Waals surface area contributed by atoms with Crippen molar-refractivity contribution in [2.75, 3.05) is 258 Å². The van der Waals surface area contributed by atoms with Crippen LogP contribution in [0, 0.1) is 117 Å². The number of quaternary nitrogens is 3. The Morgan fingerprint density at radius 2 is 0.762 bits per heavy atom. The van der Waals surface area contributed by atoms with Gasteiger partial charge in [-0.2, -0.15) is 0 Å². The fourth-order valence-electron chi connectivity index (χ4n) is 9.47. The van der Waals surface area contributed by atoms with Crippen LogP contribution in [0.4, 0.5) is 0 Å². The molecule has 1 aromatic rings. The Bertz CT molecular complexity index is 2430. The average Bonchev–Trinajstić information content (AvgIpc) is 1.88. The molecule has 0 bridgehead atoms. The summed E-state index contributed by atoms with van der Waals surface area (Å²) in [6.07, 6.45) is 22.9. The second kappa shape index (κ2) is 68.5. The number of halogens is 2. The van der Waals surface area contributed by atoms with E-state index < -0.39 is 48.0 Å². The SMILES string of the molecule is C#CCCCN.C#CCCC[N+](C)(C)C.C#CCCC[N+](C)(C)C.CI.C[N+](C)(C)CCCc1cn(CC(O)CN2CCN(CC(=O)O)CCN(CC(=O)O)CCN(CC(=O)O)CC2)nn1.[Cu].[Gd].[Gd].[I-].[N-]=[N+]=NCC(O)CN1CCN(CC(=O)O)CCN(CC(=O)O)CCN(CC(=O)O)CC1. The van der Waals surface area contributed by atoms with E-state index in [9.17, 15) is 64.5 Å². The van der Waals surface area contributed by atoms with Crippen molar-refractivity contribution >= 4 is 58.4 Å². The molecule has 591 valence electrons. The molecule has 0 aromatic carbocycles. The number of carboxylic acids is 6. The standard InChI is InChI=1S/C25H46N8O7.C17H31N7O7.2C8H16N.C5H9N.CH3I.Cu.2Gd.HI/c1-33(2,3)14-4-5-21-15-32(27-26-21)17-22(34)16-28-6-8-29(18-23(35)36)10-12-31(20-25(39)40)13-11-30(9-7-28)19-24(37)38;18-20-19-9-14(25)10-21-1-3-22(11-15(26)27)5-7-24(13-17(30)31)8-6-23(4-2-21)12-16(28)29;2*1-5-6-7-8-9(2,3)4;1-2-3-4-5-6;1-2;;;;/h15,22,34H,4-14,16-20H2,1-3H3,(H2-,35,36,37,38,39,40);14,25H,1-13H2,(H,26,27)(H,28,29)(H,30,31);2*1H,6-8H2,2-4H3;1H,3-6H2;1H3;;;;1H/q;;2*+1;;;;;;. The van der Waals surface area contributed by atoms with Gasteiger partial charge in [-0.15, -0.1) is 42.1 Å². The molecule has 37 heteroatoms. The van der Waals surface area contributed by atoms with Crippen molar-refractivity contribution in [3.8, 4) is 37.0 Å². The van der Waals surface area contributed by atoms with Crippen LogP contribution >= 0.6 is 22.6 Å². The van der Waals surface area contributed by atoms with Crippen LogP contribution in [0.15, 0.2) is 11.3 Å². The molecule has 1 aromatic heterocycles. The van der Waals surface area contributed by atoms with E-state index >= 15 is 0 Å². The minimum Gasteiger partial charge on any atom is -1.00 e. The number of nitrogens with two attached hydrogens (primary N) is 1. The number of aromatic nitrogens is 3. The Morgan fingerprint density at radius 3 is 1.00 bits per heavy atom. The number of carboxylic acid groups (broad SMARTS) is 6. The van der Waals surface area contributed by atoms with Gasteiger partial charge >= 0.3 is 35.8 Å². The maximum absolute atomic E-state index is 11.4. The monoisotopic (exact) mass is 2000 g/mol. The van der Waals surface area contributed by atoms with E-state index in [2.05, 4.69) is 124 Å². The zero-order chi connectivity index (χ0) is 74.4. The molecule has 2 aliphatic heterocycles. The van der Waals surface area contributed by atoms with Gasteiger partial charge in [-0.05, 0) is 29.8 Å². The number of rotatable bonds is 32. The third kappa shape index (κ3) is 76.0. The molecular weight excluding hydrogens is 1880 g/mol. The van der Waals surface area contributed by atoms with Gasteiger partial charge in [0.25, 0.3) is 0 Å². The number of azide groups is 1. The molecule has 3 rings (SSSR count). The average molecular weight is 2000 g/mol. The summed E-state index contributed by atoms with van der Waals surface area (Å²) in [4.78, 5) is 86.5. The second-order valence-corrected chi connectivity index (χ2v) is 26.6. The third-order valence-electron chi connectivity index (χ3n) is 14.4. The number of aryl methyl sites for hydroxylation is 1. The largest absolute Gasteiger partial charge is 1.00 e. The number of alkyl halides is 1. The van der Waals surface area contributed by atoms with Crippen LogP contribution in [0.25, 0.3) is 10.4 Å². The van der Waals surface area contributed by atoms with Crippen molar-refractivity contribution in [1.82, 2.24) is 54.2 Å². The number of hydrogen-bond acceptors (Lipinski definition) is 20. The molecule has 0 spiro atoms. The Kier molecular flexibility index (Phi) is 76.2. The van der Waals surface area contributed by atoms with Gasteiger partial charge in [-0.25, -0.2) is 4.68 Å². The number of carbonyl (C=O) groups is 6. The Hall–Kier alpha value is -1.98. The molecule has 10 N–H and O–H groups in total. The fraction of sp³-hybridized carbons (Fsp3) is 0.781. The van der Waals surface area contributed by atoms with Crippen molar-refractivity contribution in [3.63, 3.8) is 0 Å². The third-order valence-corrected chi connectivity index (χ3v) is 14.4. The van der Waals surface area contributed by atoms with E-state index in [-0.39, 0.29) is 180 Å². The molecule has 2 aliphatic rings. The summed E-state index contributed by atoms with van der Waals surface area (Å²) >= 11 is 2.15. The van der Waals surface area contributed by atoms with Crippen LogP contribution in [0.3, 0.4) is 0 Å². The van der Waals surface area contributed by atoms with Crippen molar-refractivity contribution in [3.05, 3.63) is 22.3 Å². The number of aliphatic carboxylic acids is 6. The molecule has 2 unspecified atom stereocenters. The fourth-order valence-corrected chi connectivity index (χ4v) is 9.47. The number of β-amino-alcohol motifs (C(OH)–C–C–N with tert-alkyl or cyclic N) is 2. The van der Waals surface area contributed by atoms with Gasteiger partial charge in [0.2, 0.25) is 0 Å². The predicted molar refractivity (Wildman–Crippen MR) is 384 cm³/mol. The van der Waals surface area contributed by atoms with E-state index in [0.29, 0.717) is 118 Å². The van der Waals surface area contributed by atoms with Crippen LogP contribution in [0.5, 0.6) is 0 Å². The summed E-state index contributed by atoms with van der Waals surface area (Å²) in [6, 6.07) is 0.